The molecule has 6 heavy (non-hydrogen) atoms. The van der Waals surface area contributed by atoms with E-state index in [1.54, 1.807) is 0 Å². The Bertz CT molecular complexity index is 59.4. The highest BCUT2D eigenvalue weighted by Gasteiger charge is 1.58. The van der Waals surface area contributed by atoms with Crippen molar-refractivity contribution in [1.82, 2.24) is 0 Å². The lowest BCUT2D eigenvalue weighted by Crippen LogP contribution is -1.59. The molecule has 0 rings (SSSR count). The van der Waals surface area contributed by atoms with Gasteiger partial charge in [-0.1, -0.05) is 57.0 Å². The second kappa shape index (κ2) is 6.02. The van der Waals surface area contributed by atoms with E-state index in [4.69, 9.17) is 0 Å². The van der Waals surface area contributed by atoms with E-state index in [0.717, 1.165) is 8.86 Å². The molecule has 0 unspecified atom stereocenters. The van der Waals surface area contributed by atoms with Gasteiger partial charge in [-0.3, -0.25) is 0 Å². The molecular weight excluding hydrogens is 302 g/mol. The third-order valence-electron chi connectivity index (χ3n) is 0.259. The van der Waals surface area contributed by atoms with Gasteiger partial charge in [0.2, 0.25) is 0 Å². The summed E-state index contributed by atoms with van der Waals surface area (Å²) in [4.78, 5) is 0. The zero-order chi connectivity index (χ0) is 4.83. The molecule has 0 bridgehead atoms. The van der Waals surface area contributed by atoms with Gasteiger partial charge in [0.1, 0.15) is 0 Å². The van der Waals surface area contributed by atoms with E-state index in [9.17, 15) is 0 Å². The topological polar surface area (TPSA) is 0 Å². The first-order valence-electron chi connectivity index (χ1n) is 1.49. The first-order chi connectivity index (χ1) is 2.91. The van der Waals surface area contributed by atoms with Crippen LogP contribution >= 0.6 is 45.2 Å². The summed E-state index contributed by atoms with van der Waals surface area (Å²) in [5.41, 5.74) is 0. The minimum Gasteiger partial charge on any atom is -0.0918 e. The molecular formula is C4H4I2. The molecule has 0 aromatic rings. The van der Waals surface area contributed by atoms with Gasteiger partial charge in [0, 0.05) is 0 Å². The molecule has 2 heteroatoms. The van der Waals surface area contributed by atoms with E-state index < -0.39 is 0 Å². The van der Waals surface area contributed by atoms with Crippen LogP contribution in [0.5, 0.6) is 0 Å². The molecule has 0 aromatic heterocycles. The monoisotopic (exact) mass is 306 g/mol. The minimum atomic E-state index is 0.959. The highest BCUT2D eigenvalue weighted by molar-refractivity contribution is 14.1. The normalized spacial score (nSPS) is 6.33. The van der Waals surface area contributed by atoms with Crippen molar-refractivity contribution in [3.63, 3.8) is 0 Å². The van der Waals surface area contributed by atoms with Crippen molar-refractivity contribution in [2.75, 3.05) is 8.86 Å². The molecule has 0 heterocycles. The summed E-state index contributed by atoms with van der Waals surface area (Å²) in [5, 5.41) is 0. The van der Waals surface area contributed by atoms with Crippen LogP contribution in [0.1, 0.15) is 0 Å². The number of rotatable bonds is 0. The molecule has 0 saturated carbocycles. The molecule has 0 nitrogen and oxygen atoms in total. The van der Waals surface area contributed by atoms with Gasteiger partial charge in [-0.2, -0.15) is 0 Å². The molecule has 0 aliphatic carbocycles. The lowest BCUT2D eigenvalue weighted by molar-refractivity contribution is 1.94. The van der Waals surface area contributed by atoms with E-state index in [2.05, 4.69) is 57.0 Å². The van der Waals surface area contributed by atoms with Crippen LogP contribution < -0.4 is 0 Å². The van der Waals surface area contributed by atoms with Crippen LogP contribution in [0, 0.1) is 11.8 Å². The van der Waals surface area contributed by atoms with Gasteiger partial charge in [0.15, 0.2) is 0 Å². The standard InChI is InChI=1S/C4H4I2/c5-3-1-2-4-6/h3-4H2. The summed E-state index contributed by atoms with van der Waals surface area (Å²) in [5.74, 6) is 5.85. The zero-order valence-electron chi connectivity index (χ0n) is 3.17. The number of hydrogen-bond acceptors (Lipinski definition) is 0. The van der Waals surface area contributed by atoms with Crippen molar-refractivity contribution in [2.24, 2.45) is 0 Å². The highest BCUT2D eigenvalue weighted by atomic mass is 127. The fourth-order valence-corrected chi connectivity index (χ4v) is 0.634. The lowest BCUT2D eigenvalue weighted by Gasteiger charge is -1.63. The quantitative estimate of drug-likeness (QED) is 0.364. The van der Waals surface area contributed by atoms with Crippen molar-refractivity contribution in [3.8, 4) is 11.8 Å². The average Bonchev–Trinajstić information content (AvgIpc) is 1.61. The Morgan fingerprint density at radius 2 is 1.33 bits per heavy atom. The van der Waals surface area contributed by atoms with Gasteiger partial charge in [0.05, 0.1) is 8.86 Å². The Labute approximate surface area is 65.4 Å². The predicted molar refractivity (Wildman–Crippen MR) is 45.6 cm³/mol. The molecule has 0 aliphatic heterocycles. The largest absolute Gasteiger partial charge is 0.0918 e. The average molecular weight is 306 g/mol. The van der Waals surface area contributed by atoms with Gasteiger partial charge in [-0.15, -0.1) is 0 Å². The maximum atomic E-state index is 2.93. The molecule has 0 radical (unpaired) electrons. The highest BCUT2D eigenvalue weighted by Crippen LogP contribution is 1.77. The van der Waals surface area contributed by atoms with Crippen LogP contribution in [0.3, 0.4) is 0 Å². The zero-order valence-corrected chi connectivity index (χ0v) is 7.49. The van der Waals surface area contributed by atoms with Crippen molar-refractivity contribution in [3.05, 3.63) is 0 Å². The third-order valence-corrected chi connectivity index (χ3v) is 1.02. The first kappa shape index (κ1) is 7.02. The fraction of sp³-hybridized carbons (Fsp3) is 0.500. The van der Waals surface area contributed by atoms with Crippen molar-refractivity contribution in [2.45, 2.75) is 0 Å². The van der Waals surface area contributed by atoms with Crippen LogP contribution in [0.15, 0.2) is 0 Å². The second-order valence-corrected chi connectivity index (χ2v) is 2.15. The molecule has 0 atom stereocenters. The Morgan fingerprint density at radius 3 is 1.50 bits per heavy atom. The van der Waals surface area contributed by atoms with E-state index >= 15 is 0 Å². The first-order valence-corrected chi connectivity index (χ1v) is 4.54. The molecule has 0 amide bonds. The molecule has 0 N–H and O–H groups in total. The Morgan fingerprint density at radius 1 is 1.00 bits per heavy atom. The van der Waals surface area contributed by atoms with Gasteiger partial charge in [-0.05, 0) is 0 Å². The molecule has 0 spiro atoms. The smallest absolute Gasteiger partial charge is 0.0609 e. The molecule has 34 valence electrons. The van der Waals surface area contributed by atoms with E-state index in [0.29, 0.717) is 0 Å². The second-order valence-electron chi connectivity index (χ2n) is 0.621. The fourth-order valence-electron chi connectivity index (χ4n) is 0.0945. The summed E-state index contributed by atoms with van der Waals surface area (Å²) in [6, 6.07) is 0. The Kier molecular flexibility index (Phi) is 7.04. The van der Waals surface area contributed by atoms with Gasteiger partial charge in [0.25, 0.3) is 0 Å². The summed E-state index contributed by atoms with van der Waals surface area (Å²) in [6.45, 7) is 0. The van der Waals surface area contributed by atoms with Crippen molar-refractivity contribution < 1.29 is 0 Å². The van der Waals surface area contributed by atoms with E-state index in [1.165, 1.54) is 0 Å². The Hall–Kier alpha value is 1.02. The lowest BCUT2D eigenvalue weighted by atomic mass is 10.7. The maximum Gasteiger partial charge on any atom is 0.0609 e. The van der Waals surface area contributed by atoms with Gasteiger partial charge >= 0.3 is 0 Å². The molecule has 0 fully saturated rings. The van der Waals surface area contributed by atoms with Crippen molar-refractivity contribution >= 4 is 45.2 Å². The number of halogens is 2. The van der Waals surface area contributed by atoms with Crippen LogP contribution in [0.25, 0.3) is 0 Å². The summed E-state index contributed by atoms with van der Waals surface area (Å²) in [7, 11) is 0. The minimum absolute atomic E-state index is 0.959. The number of alkyl halides is 2. The van der Waals surface area contributed by atoms with Crippen LogP contribution in [0.4, 0.5) is 0 Å². The molecule has 0 saturated heterocycles. The Balaban J connectivity index is 2.90. The van der Waals surface area contributed by atoms with Crippen molar-refractivity contribution in [1.29, 1.82) is 0 Å². The SMILES string of the molecule is ICC#CCI. The summed E-state index contributed by atoms with van der Waals surface area (Å²) >= 11 is 4.47. The maximum absolute atomic E-state index is 2.93. The van der Waals surface area contributed by atoms with Crippen LogP contribution in [0.2, 0.25) is 0 Å². The van der Waals surface area contributed by atoms with E-state index in [1.807, 2.05) is 0 Å². The molecule has 0 aromatic carbocycles. The van der Waals surface area contributed by atoms with Gasteiger partial charge in [-0.25, -0.2) is 0 Å². The summed E-state index contributed by atoms with van der Waals surface area (Å²) in [6.07, 6.45) is 0. The van der Waals surface area contributed by atoms with E-state index in [-0.39, 0.29) is 0 Å². The van der Waals surface area contributed by atoms with Crippen LogP contribution in [-0.2, 0) is 0 Å². The molecule has 0 aliphatic rings. The number of hydrogen-bond donors (Lipinski definition) is 0. The predicted octanol–water partition coefficient (Wildman–Crippen LogP) is 1.86. The van der Waals surface area contributed by atoms with Gasteiger partial charge < -0.3 is 0 Å². The summed E-state index contributed by atoms with van der Waals surface area (Å²) < 4.78 is 1.92. The third kappa shape index (κ3) is 5.02. The van der Waals surface area contributed by atoms with Crippen LogP contribution in [-0.4, -0.2) is 8.86 Å².